The van der Waals surface area contributed by atoms with E-state index in [1.807, 2.05) is 31.2 Å². The largest absolute Gasteiger partial charge is 0.346 e. The smallest absolute Gasteiger partial charge is 0.0772 e. The van der Waals surface area contributed by atoms with E-state index in [9.17, 15) is 4.55 Å². The first kappa shape index (κ1) is 9.90. The molecule has 0 bridgehead atoms. The topological polar surface area (TPSA) is 20.2 Å². The molecule has 0 fully saturated rings. The number of hydrogen-bond acceptors (Lipinski definition) is 1. The molecule has 1 nitrogen and oxygen atoms in total. The summed E-state index contributed by atoms with van der Waals surface area (Å²) in [5.74, 6) is 0. The summed E-state index contributed by atoms with van der Waals surface area (Å²) in [6.45, 7) is 2.02. The van der Waals surface area contributed by atoms with Gasteiger partial charge in [-0.2, -0.15) is 0 Å². The molecule has 1 rings (SSSR count). The molecule has 0 radical (unpaired) electrons. The zero-order valence-corrected chi connectivity index (χ0v) is 8.82. The van der Waals surface area contributed by atoms with Gasteiger partial charge in [0.05, 0.1) is 5.21 Å². The lowest BCUT2D eigenvalue weighted by atomic mass is 10.2. The van der Waals surface area contributed by atoms with Crippen LogP contribution in [0.1, 0.15) is 5.56 Å². The van der Waals surface area contributed by atoms with E-state index in [-0.39, 0.29) is 0 Å². The Bertz CT molecular complexity index is 256. The van der Waals surface area contributed by atoms with Crippen LogP contribution in [0.4, 0.5) is 0 Å². The number of benzene rings is 1. The van der Waals surface area contributed by atoms with Gasteiger partial charge in [-0.15, -0.1) is 21.9 Å². The molecule has 68 valence electrons. The van der Waals surface area contributed by atoms with E-state index >= 15 is 0 Å². The van der Waals surface area contributed by atoms with E-state index in [4.69, 9.17) is 11.6 Å². The maximum Gasteiger partial charge on any atom is 0.0772 e. The monoisotopic (exact) mass is 204 g/mol. The van der Waals surface area contributed by atoms with Crippen molar-refractivity contribution in [2.24, 2.45) is 0 Å². The zero-order valence-electron chi connectivity index (χ0n) is 7.25. The molecule has 1 atom stereocenters. The maximum absolute atomic E-state index is 9.84. The van der Waals surface area contributed by atoms with Crippen molar-refractivity contribution < 1.29 is 4.55 Å². The first-order valence-electron chi connectivity index (χ1n) is 3.67. The first-order valence-corrected chi connectivity index (χ1v) is 6.37. The van der Waals surface area contributed by atoms with Crippen LogP contribution in [0.3, 0.4) is 0 Å². The summed E-state index contributed by atoms with van der Waals surface area (Å²) in [6, 6.07) is 7.85. The summed E-state index contributed by atoms with van der Waals surface area (Å²) in [6.07, 6.45) is 1.80. The lowest BCUT2D eigenvalue weighted by Crippen LogP contribution is -1.97. The quantitative estimate of drug-likeness (QED) is 0.732. The summed E-state index contributed by atoms with van der Waals surface area (Å²) in [5, 5.41) is 0.302. The number of aryl methyl sites for hydroxylation is 1. The van der Waals surface area contributed by atoms with Crippen molar-refractivity contribution in [2.45, 2.75) is 11.8 Å². The zero-order chi connectivity index (χ0) is 9.19. The Morgan fingerprint density at radius 1 is 1.33 bits per heavy atom. The lowest BCUT2D eigenvalue weighted by molar-refractivity contribution is 0.635. The predicted octanol–water partition coefficient (Wildman–Crippen LogP) is 3.46. The number of hydrogen-bond donors (Lipinski definition) is 1. The van der Waals surface area contributed by atoms with Gasteiger partial charge >= 0.3 is 0 Å². The molecule has 0 saturated carbocycles. The molecule has 0 amide bonds. The third-order valence-corrected chi connectivity index (χ3v) is 4.73. The van der Waals surface area contributed by atoms with Gasteiger partial charge in [0.2, 0.25) is 0 Å². The fourth-order valence-electron chi connectivity index (χ4n) is 0.894. The van der Waals surface area contributed by atoms with Crippen molar-refractivity contribution in [2.75, 3.05) is 11.5 Å². The van der Waals surface area contributed by atoms with Crippen LogP contribution in [-0.4, -0.2) is 16.0 Å². The highest BCUT2D eigenvalue weighted by atomic mass is 35.5. The summed E-state index contributed by atoms with van der Waals surface area (Å²) in [7, 11) is -1.75. The molecule has 0 aliphatic heterocycles. The molecule has 0 aliphatic rings. The summed E-state index contributed by atoms with van der Waals surface area (Å²) in [5.41, 5.74) is 1.20. The highest BCUT2D eigenvalue weighted by molar-refractivity contribution is 8.29. The third-order valence-electron chi connectivity index (χ3n) is 1.74. The van der Waals surface area contributed by atoms with Gasteiger partial charge in [0.15, 0.2) is 0 Å². The minimum absolute atomic E-state index is 0.302. The fraction of sp³-hybridized carbons (Fsp3) is 0.333. The van der Waals surface area contributed by atoms with E-state index in [0.29, 0.717) is 5.21 Å². The molecular formula is C9H13ClOS. The van der Waals surface area contributed by atoms with Crippen molar-refractivity contribution >= 4 is 21.9 Å². The summed E-state index contributed by atoms with van der Waals surface area (Å²) in [4.78, 5) is 0.947. The van der Waals surface area contributed by atoms with E-state index in [1.165, 1.54) is 5.56 Å². The highest BCUT2D eigenvalue weighted by Crippen LogP contribution is 2.48. The van der Waals surface area contributed by atoms with Crippen LogP contribution in [0.25, 0.3) is 0 Å². The average molecular weight is 205 g/mol. The van der Waals surface area contributed by atoms with Crippen molar-refractivity contribution in [3.05, 3.63) is 29.8 Å². The van der Waals surface area contributed by atoms with Gasteiger partial charge in [-0.3, -0.25) is 0 Å². The molecule has 0 aliphatic carbocycles. The Morgan fingerprint density at radius 3 is 2.25 bits per heavy atom. The van der Waals surface area contributed by atoms with E-state index < -0.39 is 10.3 Å². The van der Waals surface area contributed by atoms with Gasteiger partial charge in [-0.05, 0) is 25.3 Å². The van der Waals surface area contributed by atoms with Crippen LogP contribution in [0.2, 0.25) is 0 Å². The maximum atomic E-state index is 9.84. The van der Waals surface area contributed by atoms with Crippen molar-refractivity contribution in [3.63, 3.8) is 0 Å². The molecular weight excluding hydrogens is 192 g/mol. The standard InChI is InChI=1S/C9H13ClOS/c1-8-3-5-9(6-4-8)12(2,11)7-10/h3-6,11H,7H2,1-2H3. The Morgan fingerprint density at radius 2 is 1.83 bits per heavy atom. The molecule has 3 heteroatoms. The van der Waals surface area contributed by atoms with Crippen molar-refractivity contribution in [1.82, 2.24) is 0 Å². The summed E-state index contributed by atoms with van der Waals surface area (Å²) < 4.78 is 9.84. The molecule has 12 heavy (non-hydrogen) atoms. The minimum Gasteiger partial charge on any atom is -0.346 e. The molecule has 1 aromatic carbocycles. The van der Waals surface area contributed by atoms with Crippen LogP contribution < -0.4 is 0 Å². The number of halogens is 1. The number of alkyl halides is 1. The third kappa shape index (κ3) is 2.16. The van der Waals surface area contributed by atoms with Gasteiger partial charge in [-0.25, -0.2) is 0 Å². The van der Waals surface area contributed by atoms with Gasteiger partial charge in [0, 0.05) is 4.90 Å². The second-order valence-electron chi connectivity index (χ2n) is 2.96. The Balaban J connectivity index is 2.96. The lowest BCUT2D eigenvalue weighted by Gasteiger charge is -2.26. The fourth-order valence-corrected chi connectivity index (χ4v) is 2.12. The van der Waals surface area contributed by atoms with E-state index in [0.717, 1.165) is 4.90 Å². The number of rotatable bonds is 2. The second kappa shape index (κ2) is 3.69. The molecule has 1 N–H and O–H groups in total. The Kier molecular flexibility index (Phi) is 3.04. The predicted molar refractivity (Wildman–Crippen MR) is 56.3 cm³/mol. The van der Waals surface area contributed by atoms with Gasteiger partial charge in [0.1, 0.15) is 0 Å². The van der Waals surface area contributed by atoms with Crippen molar-refractivity contribution in [3.8, 4) is 0 Å². The van der Waals surface area contributed by atoms with E-state index in [1.54, 1.807) is 6.26 Å². The Hall–Kier alpha value is -0.180. The van der Waals surface area contributed by atoms with Gasteiger partial charge in [0.25, 0.3) is 0 Å². The molecule has 0 spiro atoms. The van der Waals surface area contributed by atoms with Gasteiger partial charge < -0.3 is 4.55 Å². The minimum atomic E-state index is -1.75. The molecule has 0 heterocycles. The normalized spacial score (nSPS) is 18.3. The average Bonchev–Trinajstić information content (AvgIpc) is 2.05. The van der Waals surface area contributed by atoms with Crippen LogP contribution >= 0.6 is 21.9 Å². The van der Waals surface area contributed by atoms with Gasteiger partial charge in [-0.1, -0.05) is 17.7 Å². The molecule has 0 saturated heterocycles. The second-order valence-corrected chi connectivity index (χ2v) is 6.39. The Labute approximate surface area is 79.9 Å². The van der Waals surface area contributed by atoms with Crippen LogP contribution in [0, 0.1) is 6.92 Å². The molecule has 1 aromatic rings. The molecule has 0 aromatic heterocycles. The van der Waals surface area contributed by atoms with Crippen LogP contribution in [-0.2, 0) is 0 Å². The van der Waals surface area contributed by atoms with Crippen LogP contribution in [0.5, 0.6) is 0 Å². The first-order chi connectivity index (χ1) is 5.56. The van der Waals surface area contributed by atoms with Crippen LogP contribution in [0.15, 0.2) is 29.2 Å². The molecule has 1 unspecified atom stereocenters. The summed E-state index contributed by atoms with van der Waals surface area (Å²) >= 11 is 5.65. The SMILES string of the molecule is Cc1ccc(S(C)(O)CCl)cc1. The highest BCUT2D eigenvalue weighted by Gasteiger charge is 2.14. The van der Waals surface area contributed by atoms with E-state index in [2.05, 4.69) is 0 Å². The van der Waals surface area contributed by atoms with Crippen molar-refractivity contribution in [1.29, 1.82) is 0 Å².